The zero-order valence-corrected chi connectivity index (χ0v) is 9.14. The summed E-state index contributed by atoms with van der Waals surface area (Å²) in [6.45, 7) is 0. The van der Waals surface area contributed by atoms with Crippen molar-refractivity contribution in [2.45, 2.75) is 4.90 Å². The molecule has 7 heteroatoms. The summed E-state index contributed by atoms with van der Waals surface area (Å²) >= 11 is 0. The predicted octanol–water partition coefficient (Wildman–Crippen LogP) is 1.79. The maximum absolute atomic E-state index is 11.1. The van der Waals surface area contributed by atoms with Crippen molar-refractivity contribution >= 4 is 26.6 Å². The Morgan fingerprint density at radius 1 is 1.29 bits per heavy atom. The second-order valence-electron chi connectivity index (χ2n) is 3.30. The Bertz CT molecular complexity index is 708. The Labute approximate surface area is 96.4 Å². The van der Waals surface area contributed by atoms with Crippen molar-refractivity contribution in [3.8, 4) is 0 Å². The molecule has 0 fully saturated rings. The molecule has 2 aromatic rings. The van der Waals surface area contributed by atoms with Crippen molar-refractivity contribution in [3.05, 3.63) is 46.5 Å². The molecule has 0 saturated heterocycles. The van der Waals surface area contributed by atoms with Gasteiger partial charge in [0, 0.05) is 11.5 Å². The summed E-state index contributed by atoms with van der Waals surface area (Å²) in [7, 11) is -4.51. The topological polar surface area (TPSA) is 97.5 Å². The predicted molar refractivity (Wildman–Crippen MR) is 59.3 cm³/mol. The number of rotatable bonds is 2. The summed E-state index contributed by atoms with van der Waals surface area (Å²) in [4.78, 5) is 9.37. The molecule has 0 bridgehead atoms. The van der Waals surface area contributed by atoms with E-state index in [1.54, 1.807) is 12.1 Å². The van der Waals surface area contributed by atoms with Gasteiger partial charge in [0.15, 0.2) is 0 Å². The average Bonchev–Trinajstić information content (AvgIpc) is 2.26. The monoisotopic (exact) mass is 252 g/mol. The third-order valence-corrected chi connectivity index (χ3v) is 3.09. The van der Waals surface area contributed by atoms with Crippen LogP contribution in [-0.4, -0.2) is 17.9 Å². The lowest BCUT2D eigenvalue weighted by Crippen LogP contribution is -2.01. The molecule has 0 aliphatic carbocycles. The van der Waals surface area contributed by atoms with Gasteiger partial charge in [-0.3, -0.25) is 14.7 Å². The van der Waals surface area contributed by atoms with Crippen LogP contribution in [0.2, 0.25) is 0 Å². The van der Waals surface area contributed by atoms with Crippen LogP contribution in [-0.2, 0) is 10.1 Å². The van der Waals surface area contributed by atoms with Crippen LogP contribution in [0.5, 0.6) is 0 Å². The maximum atomic E-state index is 11.1. The van der Waals surface area contributed by atoms with E-state index in [9.17, 15) is 18.5 Å². The fourth-order valence-corrected chi connectivity index (χ4v) is 2.21. The molecule has 0 unspecified atom stereocenters. The number of benzene rings is 2. The van der Waals surface area contributed by atoms with Gasteiger partial charge in [0.05, 0.1) is 11.0 Å². The molecule has 1 radical (unpaired) electrons. The third-order valence-electron chi connectivity index (χ3n) is 2.20. The summed E-state index contributed by atoms with van der Waals surface area (Å²) in [6, 6.07) is 9.34. The molecule has 0 spiro atoms. The fraction of sp³-hybridized carbons (Fsp3) is 0. The second kappa shape index (κ2) is 3.79. The van der Waals surface area contributed by atoms with E-state index in [-0.39, 0.29) is 10.8 Å². The third kappa shape index (κ3) is 2.10. The van der Waals surface area contributed by atoms with Crippen molar-refractivity contribution in [3.63, 3.8) is 0 Å². The zero-order chi connectivity index (χ0) is 12.6. The highest BCUT2D eigenvalue weighted by molar-refractivity contribution is 7.86. The zero-order valence-electron chi connectivity index (χ0n) is 8.32. The summed E-state index contributed by atoms with van der Waals surface area (Å²) in [5.74, 6) is 0. The lowest BCUT2D eigenvalue weighted by atomic mass is 10.1. The van der Waals surface area contributed by atoms with Crippen LogP contribution in [0.3, 0.4) is 0 Å². The van der Waals surface area contributed by atoms with Gasteiger partial charge in [0.2, 0.25) is 0 Å². The molecule has 0 heterocycles. The SMILES string of the molecule is O=[N+]([O-])c1[c]c2ccccc2c(S(=O)(=O)O)c1. The summed E-state index contributed by atoms with van der Waals surface area (Å²) in [5.41, 5.74) is -0.503. The Morgan fingerprint density at radius 3 is 2.53 bits per heavy atom. The Morgan fingerprint density at radius 2 is 1.94 bits per heavy atom. The smallest absolute Gasteiger partial charge is 0.282 e. The van der Waals surface area contributed by atoms with Crippen LogP contribution < -0.4 is 0 Å². The van der Waals surface area contributed by atoms with E-state index in [4.69, 9.17) is 4.55 Å². The number of nitro benzene ring substituents is 1. The minimum atomic E-state index is -4.51. The number of nitrogens with zero attached hydrogens (tertiary/aromatic N) is 1. The normalized spacial score (nSPS) is 11.6. The van der Waals surface area contributed by atoms with E-state index in [0.29, 0.717) is 0 Å². The minimum absolute atomic E-state index is 0.195. The highest BCUT2D eigenvalue weighted by atomic mass is 32.2. The molecule has 0 saturated carbocycles. The van der Waals surface area contributed by atoms with Crippen LogP contribution in [0.15, 0.2) is 35.2 Å². The average molecular weight is 252 g/mol. The van der Waals surface area contributed by atoms with Crippen LogP contribution in [0, 0.1) is 16.2 Å². The summed E-state index contributed by atoms with van der Waals surface area (Å²) in [5, 5.41) is 11.1. The number of hydrogen-bond acceptors (Lipinski definition) is 4. The Hall–Kier alpha value is -1.99. The number of hydrogen-bond donors (Lipinski definition) is 1. The van der Waals surface area contributed by atoms with Gasteiger partial charge in [-0.05, 0) is 5.39 Å². The van der Waals surface area contributed by atoms with E-state index < -0.39 is 25.6 Å². The van der Waals surface area contributed by atoms with Gasteiger partial charge >= 0.3 is 0 Å². The second-order valence-corrected chi connectivity index (χ2v) is 4.69. The van der Waals surface area contributed by atoms with Gasteiger partial charge in [-0.1, -0.05) is 24.3 Å². The first kappa shape index (κ1) is 11.5. The minimum Gasteiger partial charge on any atom is -0.282 e. The highest BCUT2D eigenvalue weighted by Crippen LogP contribution is 2.27. The van der Waals surface area contributed by atoms with Crippen molar-refractivity contribution in [1.29, 1.82) is 0 Å². The summed E-state index contributed by atoms with van der Waals surface area (Å²) < 4.78 is 31.3. The van der Waals surface area contributed by atoms with Gasteiger partial charge in [0.1, 0.15) is 4.90 Å². The molecular formula is C10H6NO5S. The number of nitro groups is 1. The molecule has 6 nitrogen and oxygen atoms in total. The van der Waals surface area contributed by atoms with E-state index in [1.165, 1.54) is 12.1 Å². The van der Waals surface area contributed by atoms with Crippen molar-refractivity contribution in [2.75, 3.05) is 0 Å². The number of non-ortho nitro benzene ring substituents is 1. The molecule has 87 valence electrons. The molecule has 2 rings (SSSR count). The van der Waals surface area contributed by atoms with Gasteiger partial charge in [-0.15, -0.1) is 0 Å². The van der Waals surface area contributed by atoms with Gasteiger partial charge < -0.3 is 0 Å². The van der Waals surface area contributed by atoms with E-state index >= 15 is 0 Å². The molecule has 0 aliphatic rings. The fourth-order valence-electron chi connectivity index (χ4n) is 1.49. The first-order valence-corrected chi connectivity index (χ1v) is 5.90. The van der Waals surface area contributed by atoms with Gasteiger partial charge in [0.25, 0.3) is 15.8 Å². The lowest BCUT2D eigenvalue weighted by molar-refractivity contribution is -0.385. The maximum Gasteiger partial charge on any atom is 0.295 e. The molecule has 0 atom stereocenters. The highest BCUT2D eigenvalue weighted by Gasteiger charge is 2.19. The standard InChI is InChI=1S/C10H6NO5S/c12-11(13)8-5-7-3-1-2-4-9(7)10(6-8)17(14,15)16/h1-4,6H,(H,14,15,16). The quantitative estimate of drug-likeness (QED) is 0.499. The molecule has 2 aromatic carbocycles. The van der Waals surface area contributed by atoms with Gasteiger partial charge in [-0.2, -0.15) is 8.42 Å². The Kier molecular flexibility index (Phi) is 2.56. The van der Waals surface area contributed by atoms with Crippen molar-refractivity contribution < 1.29 is 17.9 Å². The van der Waals surface area contributed by atoms with Crippen LogP contribution in [0.25, 0.3) is 10.8 Å². The van der Waals surface area contributed by atoms with Crippen molar-refractivity contribution in [1.82, 2.24) is 0 Å². The summed E-state index contributed by atoms with van der Waals surface area (Å²) in [6.07, 6.45) is 0. The van der Waals surface area contributed by atoms with Gasteiger partial charge in [-0.25, -0.2) is 0 Å². The van der Waals surface area contributed by atoms with E-state index in [1.807, 2.05) is 0 Å². The van der Waals surface area contributed by atoms with Crippen LogP contribution >= 0.6 is 0 Å². The molecule has 1 N–H and O–H groups in total. The molecule has 0 amide bonds. The van der Waals surface area contributed by atoms with E-state index in [2.05, 4.69) is 6.07 Å². The lowest BCUT2D eigenvalue weighted by Gasteiger charge is -2.03. The molecule has 0 aromatic heterocycles. The number of fused-ring (bicyclic) bond motifs is 1. The van der Waals surface area contributed by atoms with Crippen LogP contribution in [0.1, 0.15) is 0 Å². The first-order valence-electron chi connectivity index (χ1n) is 4.46. The largest absolute Gasteiger partial charge is 0.295 e. The molecular weight excluding hydrogens is 246 g/mol. The van der Waals surface area contributed by atoms with Crippen molar-refractivity contribution in [2.24, 2.45) is 0 Å². The van der Waals surface area contributed by atoms with E-state index in [0.717, 1.165) is 6.07 Å². The molecule has 0 aliphatic heterocycles. The molecule has 17 heavy (non-hydrogen) atoms. The van der Waals surface area contributed by atoms with Crippen LogP contribution in [0.4, 0.5) is 5.69 Å². The first-order chi connectivity index (χ1) is 7.89. The Balaban J connectivity index is 2.93.